The van der Waals surface area contributed by atoms with Crippen LogP contribution in [0, 0.1) is 11.3 Å². The second-order valence-corrected chi connectivity index (χ2v) is 11.3. The Kier molecular flexibility index (Phi) is 7.39. The average molecular weight is 459 g/mol. The van der Waals surface area contributed by atoms with Crippen molar-refractivity contribution in [2.24, 2.45) is 11.3 Å². The molecule has 2 aliphatic heterocycles. The van der Waals surface area contributed by atoms with Crippen LogP contribution in [0.15, 0.2) is 30.3 Å². The predicted molar refractivity (Wildman–Crippen MR) is 125 cm³/mol. The molecular weight excluding hydrogens is 420 g/mol. The Bertz CT molecular complexity index is 848. The van der Waals surface area contributed by atoms with E-state index in [0.717, 1.165) is 31.2 Å². The quantitative estimate of drug-likeness (QED) is 0.660. The molecule has 7 nitrogen and oxygen atoms in total. The normalized spacial score (nSPS) is 23.6. The van der Waals surface area contributed by atoms with Gasteiger partial charge in [0.15, 0.2) is 0 Å². The van der Waals surface area contributed by atoms with Gasteiger partial charge in [0.25, 0.3) is 0 Å². The Hall–Kier alpha value is -2.57. The van der Waals surface area contributed by atoms with E-state index in [1.165, 1.54) is 0 Å². The number of carbonyl (C=O) groups is 3. The number of rotatable bonds is 5. The van der Waals surface area contributed by atoms with E-state index >= 15 is 0 Å². The highest BCUT2D eigenvalue weighted by Gasteiger charge is 2.51. The first-order valence-electron chi connectivity index (χ1n) is 11.9. The maximum Gasteiger partial charge on any atom is 0.408 e. The molecule has 0 radical (unpaired) electrons. The summed E-state index contributed by atoms with van der Waals surface area (Å²) in [5.74, 6) is -0.520. The fraction of sp³-hybridized carbons (Fsp3) is 0.654. The SMILES string of the molecule is CC(C)(C)OC(=O)[C@@H]1C2CCC(CC2)N1C(=O)[C@@H](NC(=O)OCc1ccccc1)C(C)(C)C. The van der Waals surface area contributed by atoms with Gasteiger partial charge in [0.1, 0.15) is 24.3 Å². The minimum Gasteiger partial charge on any atom is -0.458 e. The first-order chi connectivity index (χ1) is 15.4. The van der Waals surface area contributed by atoms with Crippen molar-refractivity contribution in [1.82, 2.24) is 10.2 Å². The molecule has 182 valence electrons. The summed E-state index contributed by atoms with van der Waals surface area (Å²) in [5, 5.41) is 2.79. The maximum absolute atomic E-state index is 13.9. The number of ether oxygens (including phenoxy) is 2. The van der Waals surface area contributed by atoms with Gasteiger partial charge < -0.3 is 19.7 Å². The Morgan fingerprint density at radius 3 is 2.15 bits per heavy atom. The highest BCUT2D eigenvalue weighted by atomic mass is 16.6. The van der Waals surface area contributed by atoms with Crippen molar-refractivity contribution in [3.63, 3.8) is 0 Å². The van der Waals surface area contributed by atoms with Crippen molar-refractivity contribution in [2.75, 3.05) is 0 Å². The second kappa shape index (κ2) is 9.74. The highest BCUT2D eigenvalue weighted by Crippen LogP contribution is 2.41. The van der Waals surface area contributed by atoms with E-state index in [1.54, 1.807) is 4.90 Å². The third-order valence-electron chi connectivity index (χ3n) is 6.37. The Morgan fingerprint density at radius 2 is 1.61 bits per heavy atom. The second-order valence-electron chi connectivity index (χ2n) is 11.3. The fourth-order valence-corrected chi connectivity index (χ4v) is 4.82. The topological polar surface area (TPSA) is 84.9 Å². The number of benzene rings is 1. The molecule has 1 aliphatic carbocycles. The van der Waals surface area contributed by atoms with E-state index in [1.807, 2.05) is 71.9 Å². The summed E-state index contributed by atoms with van der Waals surface area (Å²) in [5.41, 5.74) is -0.340. The smallest absolute Gasteiger partial charge is 0.408 e. The number of esters is 1. The number of fused-ring (bicyclic) bond motifs is 3. The number of nitrogens with zero attached hydrogens (tertiary/aromatic N) is 1. The van der Waals surface area contributed by atoms with Crippen LogP contribution in [-0.2, 0) is 25.7 Å². The van der Waals surface area contributed by atoms with E-state index in [-0.39, 0.29) is 30.4 Å². The average Bonchev–Trinajstić information content (AvgIpc) is 2.74. The number of piperidine rings is 2. The minimum absolute atomic E-state index is 0.0213. The molecule has 1 aromatic carbocycles. The summed E-state index contributed by atoms with van der Waals surface area (Å²) < 4.78 is 11.1. The van der Waals surface area contributed by atoms with Gasteiger partial charge in [-0.05, 0) is 63.4 Å². The molecule has 7 heteroatoms. The fourth-order valence-electron chi connectivity index (χ4n) is 4.82. The van der Waals surface area contributed by atoms with E-state index in [2.05, 4.69) is 5.32 Å². The van der Waals surface area contributed by atoms with Gasteiger partial charge in [0, 0.05) is 6.04 Å². The molecule has 0 unspecified atom stereocenters. The van der Waals surface area contributed by atoms with Crippen LogP contribution in [0.2, 0.25) is 0 Å². The van der Waals surface area contributed by atoms with Gasteiger partial charge in [-0.3, -0.25) is 4.79 Å². The van der Waals surface area contributed by atoms with Gasteiger partial charge >= 0.3 is 12.1 Å². The molecule has 4 rings (SSSR count). The molecule has 0 aromatic heterocycles. The highest BCUT2D eigenvalue weighted by molar-refractivity contribution is 5.91. The summed E-state index contributed by atoms with van der Waals surface area (Å²) in [7, 11) is 0. The van der Waals surface area contributed by atoms with Crippen LogP contribution in [0.5, 0.6) is 0 Å². The Balaban J connectivity index is 1.77. The number of alkyl carbamates (subject to hydrolysis) is 1. The van der Waals surface area contributed by atoms with Gasteiger partial charge in [0.2, 0.25) is 5.91 Å². The molecule has 2 saturated heterocycles. The van der Waals surface area contributed by atoms with E-state index < -0.39 is 29.2 Å². The van der Waals surface area contributed by atoms with Crippen molar-refractivity contribution in [2.45, 2.75) is 97.6 Å². The first kappa shape index (κ1) is 25.1. The number of hydrogen-bond acceptors (Lipinski definition) is 5. The van der Waals surface area contributed by atoms with Gasteiger partial charge in [-0.1, -0.05) is 51.1 Å². The first-order valence-corrected chi connectivity index (χ1v) is 11.9. The molecule has 1 saturated carbocycles. The van der Waals surface area contributed by atoms with Crippen molar-refractivity contribution >= 4 is 18.0 Å². The molecule has 2 heterocycles. The standard InChI is InChI=1S/C26H38N2O5/c1-25(2,3)21(27-24(31)32-16-17-10-8-7-9-11-17)22(29)28-19-14-12-18(13-15-19)20(28)23(30)33-26(4,5)6/h7-11,18-21H,12-16H2,1-6H3,(H,27,31)/t18?,19?,20-,21+/m0/s1. The zero-order chi connectivity index (χ0) is 24.4. The number of amides is 2. The van der Waals surface area contributed by atoms with Crippen LogP contribution < -0.4 is 5.32 Å². The Morgan fingerprint density at radius 1 is 1.00 bits per heavy atom. The van der Waals surface area contributed by atoms with Crippen LogP contribution >= 0.6 is 0 Å². The summed E-state index contributed by atoms with van der Waals surface area (Å²) >= 11 is 0. The van der Waals surface area contributed by atoms with Crippen molar-refractivity contribution < 1.29 is 23.9 Å². The lowest BCUT2D eigenvalue weighted by Gasteiger charge is -2.52. The summed E-state index contributed by atoms with van der Waals surface area (Å²) in [6, 6.07) is 7.92. The van der Waals surface area contributed by atoms with E-state index in [0.29, 0.717) is 0 Å². The molecule has 1 aromatic rings. The van der Waals surface area contributed by atoms with Crippen LogP contribution in [0.4, 0.5) is 4.79 Å². The van der Waals surface area contributed by atoms with Gasteiger partial charge in [-0.15, -0.1) is 0 Å². The number of nitrogens with one attached hydrogen (secondary N) is 1. The van der Waals surface area contributed by atoms with Gasteiger partial charge in [-0.25, -0.2) is 9.59 Å². The molecule has 0 spiro atoms. The predicted octanol–water partition coefficient (Wildman–Crippen LogP) is 4.44. The zero-order valence-electron chi connectivity index (χ0n) is 20.7. The number of carbonyl (C=O) groups excluding carboxylic acids is 3. The molecule has 2 bridgehead atoms. The van der Waals surface area contributed by atoms with Crippen molar-refractivity contribution in [1.29, 1.82) is 0 Å². The van der Waals surface area contributed by atoms with Gasteiger partial charge in [-0.2, -0.15) is 0 Å². The molecule has 3 aliphatic rings. The van der Waals surface area contributed by atoms with Crippen LogP contribution in [-0.4, -0.2) is 46.6 Å². The minimum atomic E-state index is -0.829. The largest absolute Gasteiger partial charge is 0.458 e. The molecular formula is C26H38N2O5. The number of hydrogen-bond donors (Lipinski definition) is 1. The molecule has 2 amide bonds. The van der Waals surface area contributed by atoms with Crippen molar-refractivity contribution in [3.8, 4) is 0 Å². The molecule has 3 fully saturated rings. The Labute approximate surface area is 197 Å². The molecule has 1 N–H and O–H groups in total. The lowest BCUT2D eigenvalue weighted by atomic mass is 9.73. The lowest BCUT2D eigenvalue weighted by molar-refractivity contribution is -0.177. The van der Waals surface area contributed by atoms with E-state index in [9.17, 15) is 14.4 Å². The monoisotopic (exact) mass is 458 g/mol. The summed E-state index contributed by atoms with van der Waals surface area (Å²) in [4.78, 5) is 41.4. The summed E-state index contributed by atoms with van der Waals surface area (Å²) in [6.07, 6.45) is 2.90. The van der Waals surface area contributed by atoms with Crippen LogP contribution in [0.25, 0.3) is 0 Å². The van der Waals surface area contributed by atoms with Crippen LogP contribution in [0.1, 0.15) is 72.8 Å². The third kappa shape index (κ3) is 6.27. The zero-order valence-corrected chi connectivity index (χ0v) is 20.7. The van der Waals surface area contributed by atoms with Crippen molar-refractivity contribution in [3.05, 3.63) is 35.9 Å². The maximum atomic E-state index is 13.9. The van der Waals surface area contributed by atoms with Gasteiger partial charge in [0.05, 0.1) is 0 Å². The third-order valence-corrected chi connectivity index (χ3v) is 6.37. The lowest BCUT2D eigenvalue weighted by Crippen LogP contribution is -2.66. The van der Waals surface area contributed by atoms with E-state index in [4.69, 9.17) is 9.47 Å². The molecule has 2 atom stereocenters. The molecule has 33 heavy (non-hydrogen) atoms. The van der Waals surface area contributed by atoms with Crippen LogP contribution in [0.3, 0.4) is 0 Å². The summed E-state index contributed by atoms with van der Waals surface area (Å²) in [6.45, 7) is 11.3.